The van der Waals surface area contributed by atoms with Crippen LogP contribution in [0.3, 0.4) is 0 Å². The summed E-state index contributed by atoms with van der Waals surface area (Å²) < 4.78 is 44.5. The number of anilines is 1. The summed E-state index contributed by atoms with van der Waals surface area (Å²) in [6.45, 7) is 5.61. The van der Waals surface area contributed by atoms with Crippen molar-refractivity contribution < 1.29 is 27.4 Å². The van der Waals surface area contributed by atoms with E-state index in [1.165, 1.54) is 12.1 Å². The second-order valence-electron chi connectivity index (χ2n) is 8.15. The molecule has 8 nitrogen and oxygen atoms in total. The topological polar surface area (TPSA) is 94.2 Å². The molecule has 36 heavy (non-hydrogen) atoms. The van der Waals surface area contributed by atoms with Gasteiger partial charge >= 0.3 is 0 Å². The van der Waals surface area contributed by atoms with Crippen LogP contribution >= 0.6 is 0 Å². The van der Waals surface area contributed by atoms with Gasteiger partial charge in [-0.25, -0.2) is 8.42 Å². The van der Waals surface area contributed by atoms with Gasteiger partial charge in [0.1, 0.15) is 23.8 Å². The Hall–Kier alpha value is -3.72. The lowest BCUT2D eigenvalue weighted by Crippen LogP contribution is -2.41. The number of carbonyl (C=O) groups is 1. The number of benzene rings is 3. The molecule has 1 amide bonds. The maximum absolute atomic E-state index is 13.6. The molecule has 9 heteroatoms. The van der Waals surface area contributed by atoms with Gasteiger partial charge in [-0.3, -0.25) is 9.10 Å². The van der Waals surface area contributed by atoms with Crippen LogP contribution in [0.5, 0.6) is 17.2 Å². The third kappa shape index (κ3) is 6.28. The van der Waals surface area contributed by atoms with Gasteiger partial charge in [0.05, 0.1) is 37.5 Å². The smallest absolute Gasteiger partial charge is 0.264 e. The molecule has 0 aliphatic carbocycles. The first-order valence-corrected chi connectivity index (χ1v) is 13.0. The molecule has 0 radical (unpaired) electrons. The van der Waals surface area contributed by atoms with E-state index in [1.54, 1.807) is 75.7 Å². The van der Waals surface area contributed by atoms with Crippen molar-refractivity contribution in [1.29, 1.82) is 0 Å². The molecule has 3 aromatic rings. The molecule has 0 aromatic heterocycles. The summed E-state index contributed by atoms with van der Waals surface area (Å²) in [5.74, 6) is 1.33. The Balaban J connectivity index is 1.91. The van der Waals surface area contributed by atoms with Gasteiger partial charge in [0, 0.05) is 5.56 Å². The normalized spacial score (nSPS) is 11.9. The number of sulfonamides is 1. The molecule has 0 bridgehead atoms. The highest BCUT2D eigenvalue weighted by atomic mass is 32.2. The van der Waals surface area contributed by atoms with Crippen molar-refractivity contribution in [2.45, 2.75) is 31.7 Å². The molecular weight excluding hydrogens is 480 g/mol. The molecule has 192 valence electrons. The second-order valence-corrected chi connectivity index (χ2v) is 10.0. The van der Waals surface area contributed by atoms with Crippen molar-refractivity contribution in [3.63, 3.8) is 0 Å². The SMILES string of the molecule is CCOc1ccc(N(CC(=O)NC(C)c2cc(OC)ccc2OC)S(=O)(=O)c2ccc(C)cc2)cc1. The minimum Gasteiger partial charge on any atom is -0.497 e. The number of rotatable bonds is 11. The summed E-state index contributed by atoms with van der Waals surface area (Å²) in [7, 11) is -0.930. The van der Waals surface area contributed by atoms with Crippen LogP contribution in [0.15, 0.2) is 71.6 Å². The molecular formula is C27H32N2O6S. The van der Waals surface area contributed by atoms with E-state index >= 15 is 0 Å². The first-order valence-electron chi connectivity index (χ1n) is 11.5. The van der Waals surface area contributed by atoms with Crippen molar-refractivity contribution in [1.82, 2.24) is 5.32 Å². The fourth-order valence-corrected chi connectivity index (χ4v) is 5.12. The number of hydrogen-bond acceptors (Lipinski definition) is 6. The maximum atomic E-state index is 13.6. The van der Waals surface area contributed by atoms with Crippen LogP contribution in [-0.2, 0) is 14.8 Å². The summed E-state index contributed by atoms with van der Waals surface area (Å²) in [6, 6.07) is 17.9. The Morgan fingerprint density at radius 1 is 0.944 bits per heavy atom. The fraction of sp³-hybridized carbons (Fsp3) is 0.296. The number of ether oxygens (including phenoxy) is 3. The Morgan fingerprint density at radius 2 is 1.58 bits per heavy atom. The van der Waals surface area contributed by atoms with Gasteiger partial charge in [0.2, 0.25) is 5.91 Å². The zero-order valence-electron chi connectivity index (χ0n) is 21.1. The molecule has 1 N–H and O–H groups in total. The van der Waals surface area contributed by atoms with Gasteiger partial charge in [-0.2, -0.15) is 0 Å². The molecule has 0 saturated heterocycles. The Kier molecular flexibility index (Phi) is 8.82. The number of nitrogens with one attached hydrogen (secondary N) is 1. The van der Waals surface area contributed by atoms with E-state index in [0.717, 1.165) is 9.87 Å². The molecule has 0 spiro atoms. The zero-order valence-corrected chi connectivity index (χ0v) is 22.0. The van der Waals surface area contributed by atoms with E-state index in [1.807, 2.05) is 13.8 Å². The van der Waals surface area contributed by atoms with Crippen molar-refractivity contribution in [3.8, 4) is 17.2 Å². The highest BCUT2D eigenvalue weighted by Crippen LogP contribution is 2.30. The molecule has 3 aromatic carbocycles. The first-order chi connectivity index (χ1) is 17.2. The zero-order chi connectivity index (χ0) is 26.3. The number of methoxy groups -OCH3 is 2. The van der Waals surface area contributed by atoms with E-state index in [0.29, 0.717) is 35.1 Å². The van der Waals surface area contributed by atoms with Crippen LogP contribution in [0.25, 0.3) is 0 Å². The van der Waals surface area contributed by atoms with Crippen LogP contribution in [0, 0.1) is 6.92 Å². The monoisotopic (exact) mass is 512 g/mol. The first kappa shape index (κ1) is 26.9. The predicted octanol–water partition coefficient (Wildman–Crippen LogP) is 4.48. The quantitative estimate of drug-likeness (QED) is 0.407. The van der Waals surface area contributed by atoms with Gasteiger partial charge in [-0.05, 0) is 75.4 Å². The second kappa shape index (κ2) is 11.8. The van der Waals surface area contributed by atoms with Crippen molar-refractivity contribution in [2.75, 3.05) is 31.7 Å². The lowest BCUT2D eigenvalue weighted by Gasteiger charge is -2.26. The van der Waals surface area contributed by atoms with E-state index in [2.05, 4.69) is 5.32 Å². The summed E-state index contributed by atoms with van der Waals surface area (Å²) in [4.78, 5) is 13.2. The van der Waals surface area contributed by atoms with Crippen LogP contribution in [0.4, 0.5) is 5.69 Å². The molecule has 3 rings (SSSR count). The van der Waals surface area contributed by atoms with Gasteiger partial charge < -0.3 is 19.5 Å². The summed E-state index contributed by atoms with van der Waals surface area (Å²) in [5.41, 5.74) is 1.99. The number of carbonyl (C=O) groups excluding carboxylic acids is 1. The fourth-order valence-electron chi connectivity index (χ4n) is 3.70. The predicted molar refractivity (Wildman–Crippen MR) is 139 cm³/mol. The van der Waals surface area contributed by atoms with Crippen molar-refractivity contribution in [3.05, 3.63) is 77.9 Å². The van der Waals surface area contributed by atoms with Crippen LogP contribution in [0.2, 0.25) is 0 Å². The number of hydrogen-bond donors (Lipinski definition) is 1. The maximum Gasteiger partial charge on any atom is 0.264 e. The average molecular weight is 513 g/mol. The Bertz CT molecular complexity index is 1270. The van der Waals surface area contributed by atoms with Crippen LogP contribution in [0.1, 0.15) is 31.0 Å². The highest BCUT2D eigenvalue weighted by molar-refractivity contribution is 7.92. The molecule has 1 unspecified atom stereocenters. The Morgan fingerprint density at radius 3 is 2.17 bits per heavy atom. The molecule has 0 saturated carbocycles. The summed E-state index contributed by atoms with van der Waals surface area (Å²) in [5, 5.41) is 2.88. The molecule has 0 fully saturated rings. The lowest BCUT2D eigenvalue weighted by molar-refractivity contribution is -0.120. The standard InChI is InChI=1S/C27H32N2O6S/c1-6-35-22-11-9-21(10-12-22)29(36(31,32)24-14-7-19(2)8-15-24)18-27(30)28-20(3)25-17-23(33-4)13-16-26(25)34-5/h7-17,20H,6,18H2,1-5H3,(H,28,30). The third-order valence-corrected chi connectivity index (χ3v) is 7.40. The minimum absolute atomic E-state index is 0.0947. The highest BCUT2D eigenvalue weighted by Gasteiger charge is 2.28. The number of aryl methyl sites for hydroxylation is 1. The van der Waals surface area contributed by atoms with E-state index in [4.69, 9.17) is 14.2 Å². The van der Waals surface area contributed by atoms with E-state index < -0.39 is 28.5 Å². The van der Waals surface area contributed by atoms with Crippen molar-refractivity contribution in [2.24, 2.45) is 0 Å². The number of nitrogens with zero attached hydrogens (tertiary/aromatic N) is 1. The third-order valence-electron chi connectivity index (χ3n) is 5.61. The molecule has 0 aliphatic rings. The average Bonchev–Trinajstić information content (AvgIpc) is 2.87. The van der Waals surface area contributed by atoms with Gasteiger partial charge in [0.25, 0.3) is 10.0 Å². The Labute approximate surface area is 212 Å². The number of amides is 1. The molecule has 1 atom stereocenters. The van der Waals surface area contributed by atoms with Crippen LogP contribution in [-0.4, -0.2) is 41.7 Å². The van der Waals surface area contributed by atoms with E-state index in [9.17, 15) is 13.2 Å². The van der Waals surface area contributed by atoms with Gasteiger partial charge in [0.15, 0.2) is 0 Å². The van der Waals surface area contributed by atoms with Gasteiger partial charge in [-0.15, -0.1) is 0 Å². The summed E-state index contributed by atoms with van der Waals surface area (Å²) >= 11 is 0. The molecule has 0 aliphatic heterocycles. The minimum atomic E-state index is -4.03. The summed E-state index contributed by atoms with van der Waals surface area (Å²) in [6.07, 6.45) is 0. The van der Waals surface area contributed by atoms with Crippen LogP contribution < -0.4 is 23.8 Å². The lowest BCUT2D eigenvalue weighted by atomic mass is 10.1. The largest absolute Gasteiger partial charge is 0.497 e. The van der Waals surface area contributed by atoms with Crippen molar-refractivity contribution >= 4 is 21.6 Å². The van der Waals surface area contributed by atoms with E-state index in [-0.39, 0.29) is 4.90 Å². The van der Waals surface area contributed by atoms with Gasteiger partial charge in [-0.1, -0.05) is 17.7 Å². The molecule has 0 heterocycles.